The van der Waals surface area contributed by atoms with E-state index in [4.69, 9.17) is 10.00 Å². The summed E-state index contributed by atoms with van der Waals surface area (Å²) in [5.74, 6) is 0.736. The van der Waals surface area contributed by atoms with Crippen molar-refractivity contribution in [2.75, 3.05) is 11.9 Å². The summed E-state index contributed by atoms with van der Waals surface area (Å²) in [4.78, 5) is 12.1. The van der Waals surface area contributed by atoms with Crippen molar-refractivity contribution in [3.8, 4) is 22.4 Å². The summed E-state index contributed by atoms with van der Waals surface area (Å²) < 4.78 is 5.46. The molecule has 1 aromatic heterocycles. The van der Waals surface area contributed by atoms with Gasteiger partial charge in [-0.1, -0.05) is 61.6 Å². The van der Waals surface area contributed by atoms with Crippen molar-refractivity contribution in [2.24, 2.45) is 0 Å². The van der Waals surface area contributed by atoms with Crippen LogP contribution < -0.4 is 10.1 Å². The first-order valence-corrected chi connectivity index (χ1v) is 9.69. The third kappa shape index (κ3) is 5.15. The van der Waals surface area contributed by atoms with E-state index in [9.17, 15) is 4.79 Å². The average Bonchev–Trinajstić information content (AvgIpc) is 3.16. The van der Waals surface area contributed by atoms with Gasteiger partial charge in [-0.25, -0.2) is 0 Å². The van der Waals surface area contributed by atoms with Crippen LogP contribution in [0.2, 0.25) is 0 Å². The quantitative estimate of drug-likeness (QED) is 0.643. The Hall–Kier alpha value is -3.24. The lowest BCUT2D eigenvalue weighted by Gasteiger charge is -2.06. The monoisotopic (exact) mass is 392 g/mol. The fraction of sp³-hybridized carbons (Fsp3) is 0.238. The number of rotatable bonds is 7. The molecular formula is C21H20N4O2S. The predicted octanol–water partition coefficient (Wildman–Crippen LogP) is 4.41. The van der Waals surface area contributed by atoms with Gasteiger partial charge in [-0.3, -0.25) is 10.1 Å². The van der Waals surface area contributed by atoms with Crippen molar-refractivity contribution in [1.29, 1.82) is 5.26 Å². The lowest BCUT2D eigenvalue weighted by molar-refractivity contribution is -0.118. The van der Waals surface area contributed by atoms with E-state index in [0.29, 0.717) is 23.2 Å². The van der Waals surface area contributed by atoms with Gasteiger partial charge in [0.1, 0.15) is 10.8 Å². The van der Waals surface area contributed by atoms with E-state index < -0.39 is 0 Å². The van der Waals surface area contributed by atoms with E-state index >= 15 is 0 Å². The maximum absolute atomic E-state index is 12.1. The zero-order valence-corrected chi connectivity index (χ0v) is 16.5. The van der Waals surface area contributed by atoms with Crippen molar-refractivity contribution >= 4 is 22.4 Å². The van der Waals surface area contributed by atoms with E-state index in [2.05, 4.69) is 47.6 Å². The molecule has 0 unspecified atom stereocenters. The highest BCUT2D eigenvalue weighted by molar-refractivity contribution is 7.18. The van der Waals surface area contributed by atoms with Crippen LogP contribution in [0.15, 0.2) is 48.5 Å². The molecule has 0 fully saturated rings. The number of nitriles is 1. The van der Waals surface area contributed by atoms with Gasteiger partial charge in [0.15, 0.2) is 6.61 Å². The number of anilines is 1. The van der Waals surface area contributed by atoms with Crippen LogP contribution in [-0.2, 0) is 11.2 Å². The fourth-order valence-electron chi connectivity index (χ4n) is 2.50. The summed E-state index contributed by atoms with van der Waals surface area (Å²) in [5, 5.41) is 20.7. The van der Waals surface area contributed by atoms with Gasteiger partial charge >= 0.3 is 0 Å². The minimum Gasteiger partial charge on any atom is -0.484 e. The molecule has 2 aromatic carbocycles. The van der Waals surface area contributed by atoms with Gasteiger partial charge in [-0.05, 0) is 29.2 Å². The van der Waals surface area contributed by atoms with Crippen LogP contribution in [0.25, 0.3) is 10.6 Å². The molecule has 0 atom stereocenters. The van der Waals surface area contributed by atoms with Crippen LogP contribution in [0.3, 0.4) is 0 Å². The molecule has 0 radical (unpaired) electrons. The lowest BCUT2D eigenvalue weighted by Crippen LogP contribution is -2.20. The maximum Gasteiger partial charge on any atom is 0.264 e. The molecule has 0 aliphatic heterocycles. The molecule has 7 heteroatoms. The lowest BCUT2D eigenvalue weighted by atomic mass is 10.0. The third-order valence-electron chi connectivity index (χ3n) is 4.07. The molecule has 1 heterocycles. The Labute approximate surface area is 167 Å². The number of nitrogens with zero attached hydrogens (tertiary/aromatic N) is 3. The number of carbonyl (C=O) groups excluding carboxylic acids is 1. The molecule has 6 nitrogen and oxygen atoms in total. The molecule has 1 N–H and O–H groups in total. The van der Waals surface area contributed by atoms with Crippen molar-refractivity contribution in [2.45, 2.75) is 26.2 Å². The zero-order chi connectivity index (χ0) is 19.9. The number of nitrogens with one attached hydrogen (secondary N) is 1. The molecule has 0 spiro atoms. The molecule has 0 saturated carbocycles. The van der Waals surface area contributed by atoms with Crippen molar-refractivity contribution in [1.82, 2.24) is 10.2 Å². The molecule has 142 valence electrons. The van der Waals surface area contributed by atoms with Crippen molar-refractivity contribution < 1.29 is 9.53 Å². The molecule has 28 heavy (non-hydrogen) atoms. The summed E-state index contributed by atoms with van der Waals surface area (Å²) in [6, 6.07) is 17.4. The second kappa shape index (κ2) is 9.11. The second-order valence-electron chi connectivity index (χ2n) is 6.50. The van der Waals surface area contributed by atoms with E-state index in [1.54, 1.807) is 24.3 Å². The van der Waals surface area contributed by atoms with Crippen LogP contribution in [0.5, 0.6) is 5.75 Å². The molecule has 3 rings (SSSR count). The van der Waals surface area contributed by atoms with Crippen LogP contribution in [0.1, 0.15) is 30.9 Å². The number of benzene rings is 2. The fourth-order valence-corrected chi connectivity index (χ4v) is 3.27. The van der Waals surface area contributed by atoms with Crippen LogP contribution >= 0.6 is 11.3 Å². The molecule has 1 amide bonds. The highest BCUT2D eigenvalue weighted by atomic mass is 32.1. The second-order valence-corrected chi connectivity index (χ2v) is 7.48. The highest BCUT2D eigenvalue weighted by Crippen LogP contribution is 2.27. The number of hydrogen-bond acceptors (Lipinski definition) is 6. The van der Waals surface area contributed by atoms with Gasteiger partial charge in [-0.15, -0.1) is 10.2 Å². The minimum absolute atomic E-state index is 0.129. The van der Waals surface area contributed by atoms with E-state index in [0.717, 1.165) is 16.1 Å². The molecule has 0 aliphatic carbocycles. The SMILES string of the molecule is CC(C)c1ccc(-c2nnc(NC(=O)COc3ccc(CC#N)cc3)s2)cc1. The topological polar surface area (TPSA) is 87.9 Å². The summed E-state index contributed by atoms with van der Waals surface area (Å²) in [6.07, 6.45) is 0.348. The first-order chi connectivity index (χ1) is 13.5. The largest absolute Gasteiger partial charge is 0.484 e. The molecule has 3 aromatic rings. The van der Waals surface area contributed by atoms with E-state index in [1.807, 2.05) is 12.1 Å². The maximum atomic E-state index is 12.1. The smallest absolute Gasteiger partial charge is 0.264 e. The Morgan fingerprint density at radius 3 is 2.50 bits per heavy atom. The van der Waals surface area contributed by atoms with E-state index in [-0.39, 0.29) is 12.5 Å². The minimum atomic E-state index is -0.307. The zero-order valence-electron chi connectivity index (χ0n) is 15.7. The Balaban J connectivity index is 1.54. The number of aromatic nitrogens is 2. The Morgan fingerprint density at radius 2 is 1.86 bits per heavy atom. The van der Waals surface area contributed by atoms with Gasteiger partial charge in [0.2, 0.25) is 5.13 Å². The summed E-state index contributed by atoms with van der Waals surface area (Å²) in [7, 11) is 0. The highest BCUT2D eigenvalue weighted by Gasteiger charge is 2.11. The van der Waals surface area contributed by atoms with Crippen LogP contribution in [0, 0.1) is 11.3 Å². The Bertz CT molecular complexity index is 973. The molecule has 0 bridgehead atoms. The van der Waals surface area contributed by atoms with E-state index in [1.165, 1.54) is 16.9 Å². The Morgan fingerprint density at radius 1 is 1.14 bits per heavy atom. The number of hydrogen-bond donors (Lipinski definition) is 1. The molecular weight excluding hydrogens is 372 g/mol. The average molecular weight is 392 g/mol. The molecule has 0 saturated heterocycles. The standard InChI is InChI=1S/C21H20N4O2S/c1-14(2)16-5-7-17(8-6-16)20-24-25-21(28-20)23-19(26)13-27-18-9-3-15(4-10-18)11-12-22/h3-10,14H,11,13H2,1-2H3,(H,23,25,26). The normalized spacial score (nSPS) is 10.5. The summed E-state index contributed by atoms with van der Waals surface area (Å²) in [6.45, 7) is 4.17. The first-order valence-electron chi connectivity index (χ1n) is 8.87. The summed E-state index contributed by atoms with van der Waals surface area (Å²) >= 11 is 1.32. The van der Waals surface area contributed by atoms with Gasteiger partial charge in [0.25, 0.3) is 5.91 Å². The van der Waals surface area contributed by atoms with Gasteiger partial charge < -0.3 is 4.74 Å². The first kappa shape index (κ1) is 19.5. The van der Waals surface area contributed by atoms with Gasteiger partial charge in [-0.2, -0.15) is 5.26 Å². The van der Waals surface area contributed by atoms with Gasteiger partial charge in [0, 0.05) is 5.56 Å². The number of ether oxygens (including phenoxy) is 1. The molecule has 0 aliphatic rings. The van der Waals surface area contributed by atoms with Crippen LogP contribution in [-0.4, -0.2) is 22.7 Å². The third-order valence-corrected chi connectivity index (χ3v) is 4.96. The predicted molar refractivity (Wildman–Crippen MR) is 109 cm³/mol. The van der Waals surface area contributed by atoms with Gasteiger partial charge in [0.05, 0.1) is 12.5 Å². The van der Waals surface area contributed by atoms with Crippen LogP contribution in [0.4, 0.5) is 5.13 Å². The Kier molecular flexibility index (Phi) is 6.35. The van der Waals surface area contributed by atoms with Crippen molar-refractivity contribution in [3.63, 3.8) is 0 Å². The van der Waals surface area contributed by atoms with Crippen molar-refractivity contribution in [3.05, 3.63) is 59.7 Å². The number of amides is 1. The number of carbonyl (C=O) groups is 1. The summed E-state index contributed by atoms with van der Waals surface area (Å²) in [5.41, 5.74) is 3.14.